The molecule has 0 heterocycles. The van der Waals surface area contributed by atoms with Crippen LogP contribution in [0.25, 0.3) is 0 Å². The van der Waals surface area contributed by atoms with Crippen molar-refractivity contribution in [1.29, 1.82) is 0 Å². The van der Waals surface area contributed by atoms with Gasteiger partial charge in [-0.1, -0.05) is 24.3 Å². The monoisotopic (exact) mass is 234 g/mol. The number of ether oxygens (including phenoxy) is 1. The Labute approximate surface area is 102 Å². The number of hydrogen-bond donors (Lipinski definition) is 1. The first-order chi connectivity index (χ1) is 8.19. The molecule has 0 fully saturated rings. The fourth-order valence-electron chi connectivity index (χ4n) is 1.64. The first-order valence-electron chi connectivity index (χ1n) is 5.75. The normalized spacial score (nSPS) is 9.94. The molecule has 1 aromatic carbocycles. The number of aromatic hydroxyl groups is 1. The molecule has 0 aliphatic carbocycles. The van der Waals surface area contributed by atoms with E-state index < -0.39 is 0 Å². The van der Waals surface area contributed by atoms with E-state index in [1.165, 1.54) is 0 Å². The molecule has 1 aromatic rings. The zero-order valence-electron chi connectivity index (χ0n) is 10.1. The third-order valence-electron chi connectivity index (χ3n) is 2.47. The molecule has 92 valence electrons. The first kappa shape index (κ1) is 13.3. The van der Waals surface area contributed by atoms with Gasteiger partial charge < -0.3 is 9.84 Å². The van der Waals surface area contributed by atoms with Crippen LogP contribution < -0.4 is 0 Å². The van der Waals surface area contributed by atoms with Crippen LogP contribution in [-0.4, -0.2) is 17.7 Å². The van der Waals surface area contributed by atoms with Gasteiger partial charge in [-0.25, -0.2) is 0 Å². The third kappa shape index (κ3) is 3.94. The molecule has 0 radical (unpaired) electrons. The van der Waals surface area contributed by atoms with Gasteiger partial charge >= 0.3 is 5.97 Å². The van der Waals surface area contributed by atoms with E-state index in [-0.39, 0.29) is 11.7 Å². The maximum absolute atomic E-state index is 11.2. The number of carbonyl (C=O) groups excluding carboxylic acids is 1. The largest absolute Gasteiger partial charge is 0.507 e. The molecule has 0 amide bonds. The third-order valence-corrected chi connectivity index (χ3v) is 2.47. The SMILES string of the molecule is C=CCc1cccc(CCC(=O)OCC)c1O. The Balaban J connectivity index is 2.68. The number of benzene rings is 1. The van der Waals surface area contributed by atoms with E-state index in [9.17, 15) is 9.90 Å². The van der Waals surface area contributed by atoms with Crippen molar-refractivity contribution in [3.8, 4) is 5.75 Å². The summed E-state index contributed by atoms with van der Waals surface area (Å²) in [6.07, 6.45) is 3.15. The molecule has 1 N–H and O–H groups in total. The quantitative estimate of drug-likeness (QED) is 0.608. The highest BCUT2D eigenvalue weighted by atomic mass is 16.5. The Hall–Kier alpha value is -1.77. The number of phenolic OH excluding ortho intramolecular Hbond substituents is 1. The van der Waals surface area contributed by atoms with E-state index in [4.69, 9.17) is 4.74 Å². The fourth-order valence-corrected chi connectivity index (χ4v) is 1.64. The van der Waals surface area contributed by atoms with E-state index >= 15 is 0 Å². The Morgan fingerprint density at radius 1 is 1.47 bits per heavy atom. The Bertz CT molecular complexity index is 396. The molecular formula is C14H18O3. The predicted molar refractivity (Wildman–Crippen MR) is 67.0 cm³/mol. The predicted octanol–water partition coefficient (Wildman–Crippen LogP) is 2.62. The van der Waals surface area contributed by atoms with Crippen molar-refractivity contribution >= 4 is 5.97 Å². The second-order valence-electron chi connectivity index (χ2n) is 3.72. The van der Waals surface area contributed by atoms with Gasteiger partial charge in [0.2, 0.25) is 0 Å². The Morgan fingerprint density at radius 2 is 2.18 bits per heavy atom. The lowest BCUT2D eigenvalue weighted by Gasteiger charge is -2.08. The van der Waals surface area contributed by atoms with Crippen LogP contribution in [0.1, 0.15) is 24.5 Å². The van der Waals surface area contributed by atoms with Crippen molar-refractivity contribution in [1.82, 2.24) is 0 Å². The molecule has 0 unspecified atom stereocenters. The van der Waals surface area contributed by atoms with Gasteiger partial charge in [0.05, 0.1) is 6.61 Å². The van der Waals surface area contributed by atoms with Crippen molar-refractivity contribution < 1.29 is 14.6 Å². The maximum atomic E-state index is 11.2. The van der Waals surface area contributed by atoms with Crippen molar-refractivity contribution in [3.05, 3.63) is 42.0 Å². The Kier molecular flexibility index (Phi) is 5.27. The molecule has 3 nitrogen and oxygen atoms in total. The number of hydrogen-bond acceptors (Lipinski definition) is 3. The topological polar surface area (TPSA) is 46.5 Å². The van der Waals surface area contributed by atoms with Crippen LogP contribution in [0.2, 0.25) is 0 Å². The highest BCUT2D eigenvalue weighted by molar-refractivity contribution is 5.69. The van der Waals surface area contributed by atoms with Crippen LogP contribution in [0.4, 0.5) is 0 Å². The van der Waals surface area contributed by atoms with Crippen molar-refractivity contribution in [2.24, 2.45) is 0 Å². The van der Waals surface area contributed by atoms with Crippen LogP contribution >= 0.6 is 0 Å². The average Bonchev–Trinajstić information content (AvgIpc) is 2.31. The van der Waals surface area contributed by atoms with Crippen LogP contribution in [0.5, 0.6) is 5.75 Å². The van der Waals surface area contributed by atoms with E-state index in [1.807, 2.05) is 18.2 Å². The van der Waals surface area contributed by atoms with E-state index in [0.717, 1.165) is 11.1 Å². The minimum atomic E-state index is -0.235. The van der Waals surface area contributed by atoms with Crippen molar-refractivity contribution in [3.63, 3.8) is 0 Å². The number of carbonyl (C=O) groups is 1. The summed E-state index contributed by atoms with van der Waals surface area (Å²) >= 11 is 0. The number of para-hydroxylation sites is 1. The zero-order chi connectivity index (χ0) is 12.7. The molecule has 0 aliphatic heterocycles. The van der Waals surface area contributed by atoms with Gasteiger partial charge in [0.15, 0.2) is 0 Å². The number of rotatable bonds is 6. The molecular weight excluding hydrogens is 216 g/mol. The Morgan fingerprint density at radius 3 is 2.82 bits per heavy atom. The summed E-state index contributed by atoms with van der Waals surface area (Å²) in [5.74, 6) is 0.0257. The summed E-state index contributed by atoms with van der Waals surface area (Å²) in [4.78, 5) is 11.2. The lowest BCUT2D eigenvalue weighted by molar-refractivity contribution is -0.143. The molecule has 1 rings (SSSR count). The molecule has 3 heteroatoms. The molecule has 0 aromatic heterocycles. The van der Waals surface area contributed by atoms with Crippen LogP contribution in [0.15, 0.2) is 30.9 Å². The molecule has 0 spiro atoms. The van der Waals surface area contributed by atoms with E-state index in [0.29, 0.717) is 25.9 Å². The molecule has 0 saturated heterocycles. The van der Waals surface area contributed by atoms with Gasteiger partial charge in [-0.15, -0.1) is 6.58 Å². The van der Waals surface area contributed by atoms with Gasteiger partial charge in [0.25, 0.3) is 0 Å². The lowest BCUT2D eigenvalue weighted by Crippen LogP contribution is -2.05. The van der Waals surface area contributed by atoms with Gasteiger partial charge in [-0.3, -0.25) is 4.79 Å². The summed E-state index contributed by atoms with van der Waals surface area (Å²) in [6, 6.07) is 5.55. The summed E-state index contributed by atoms with van der Waals surface area (Å²) in [5.41, 5.74) is 1.61. The van der Waals surface area contributed by atoms with Crippen LogP contribution in [-0.2, 0) is 22.4 Å². The fraction of sp³-hybridized carbons (Fsp3) is 0.357. The summed E-state index contributed by atoms with van der Waals surface area (Å²) in [7, 11) is 0. The van der Waals surface area contributed by atoms with E-state index in [1.54, 1.807) is 13.0 Å². The van der Waals surface area contributed by atoms with Gasteiger partial charge in [0, 0.05) is 6.42 Å². The molecule has 0 saturated carbocycles. The molecule has 0 aliphatic rings. The molecule has 0 bridgehead atoms. The van der Waals surface area contributed by atoms with Gasteiger partial charge in [0.1, 0.15) is 5.75 Å². The molecule has 0 atom stereocenters. The average molecular weight is 234 g/mol. The minimum Gasteiger partial charge on any atom is -0.507 e. The van der Waals surface area contributed by atoms with Gasteiger partial charge in [-0.2, -0.15) is 0 Å². The van der Waals surface area contributed by atoms with Crippen LogP contribution in [0, 0.1) is 0 Å². The van der Waals surface area contributed by atoms with Crippen LogP contribution in [0.3, 0.4) is 0 Å². The summed E-state index contributed by atoms with van der Waals surface area (Å²) in [5, 5.41) is 9.96. The second-order valence-corrected chi connectivity index (χ2v) is 3.72. The van der Waals surface area contributed by atoms with Gasteiger partial charge in [-0.05, 0) is 30.9 Å². The number of aryl methyl sites for hydroxylation is 1. The lowest BCUT2D eigenvalue weighted by atomic mass is 10.0. The van der Waals surface area contributed by atoms with Crippen molar-refractivity contribution in [2.75, 3.05) is 6.61 Å². The summed E-state index contributed by atoms with van der Waals surface area (Å²) in [6.45, 7) is 5.81. The summed E-state index contributed by atoms with van der Waals surface area (Å²) < 4.78 is 4.84. The second kappa shape index (κ2) is 6.74. The molecule has 17 heavy (non-hydrogen) atoms. The number of allylic oxidation sites excluding steroid dienone is 1. The standard InChI is InChI=1S/C14H18O3/c1-3-6-11-7-5-8-12(14(11)16)9-10-13(15)17-4-2/h3,5,7-8,16H,1,4,6,9-10H2,2H3. The van der Waals surface area contributed by atoms with E-state index in [2.05, 4.69) is 6.58 Å². The maximum Gasteiger partial charge on any atom is 0.306 e. The first-order valence-corrected chi connectivity index (χ1v) is 5.75. The number of phenols is 1. The highest BCUT2D eigenvalue weighted by Crippen LogP contribution is 2.24. The zero-order valence-corrected chi connectivity index (χ0v) is 10.1. The van der Waals surface area contributed by atoms with Crippen molar-refractivity contribution in [2.45, 2.75) is 26.2 Å². The minimum absolute atomic E-state index is 0.235. The highest BCUT2D eigenvalue weighted by Gasteiger charge is 2.08. The smallest absolute Gasteiger partial charge is 0.306 e. The number of esters is 1.